The molecule has 1 amide bonds. The minimum Gasteiger partial charge on any atom is -0.465 e. The molecule has 7 heteroatoms. The highest BCUT2D eigenvalue weighted by molar-refractivity contribution is 7.10. The number of ether oxygens (including phenoxy) is 1. The van der Waals surface area contributed by atoms with Gasteiger partial charge >= 0.3 is 5.97 Å². The van der Waals surface area contributed by atoms with E-state index in [-0.39, 0.29) is 5.91 Å². The fourth-order valence-corrected chi connectivity index (χ4v) is 2.80. The molecule has 0 radical (unpaired) electrons. The van der Waals surface area contributed by atoms with Gasteiger partial charge in [-0.05, 0) is 59.5 Å². The van der Waals surface area contributed by atoms with Gasteiger partial charge in [0.25, 0.3) is 0 Å². The number of amides is 1. The Bertz CT molecular complexity index is 927. The summed E-state index contributed by atoms with van der Waals surface area (Å²) in [5.74, 6) is 0.291. The number of rotatable bonds is 7. The summed E-state index contributed by atoms with van der Waals surface area (Å²) >= 11 is 1.53. The normalized spacial score (nSPS) is 11.1. The summed E-state index contributed by atoms with van der Waals surface area (Å²) in [7, 11) is 0. The van der Waals surface area contributed by atoms with E-state index in [1.165, 1.54) is 36.0 Å². The van der Waals surface area contributed by atoms with Crippen LogP contribution in [0, 0.1) is 0 Å². The van der Waals surface area contributed by atoms with Crippen LogP contribution in [-0.4, -0.2) is 18.1 Å². The smallest absolute Gasteiger partial charge is 0.336 e. The second kappa shape index (κ2) is 9.30. The van der Waals surface area contributed by atoms with Crippen molar-refractivity contribution < 1.29 is 18.7 Å². The molecule has 0 aliphatic rings. The number of hydrazone groups is 1. The van der Waals surface area contributed by atoms with Crippen LogP contribution >= 0.6 is 11.3 Å². The zero-order valence-corrected chi connectivity index (χ0v) is 15.0. The number of benzene rings is 1. The van der Waals surface area contributed by atoms with E-state index in [4.69, 9.17) is 9.15 Å². The molecule has 0 spiro atoms. The molecule has 0 bridgehead atoms. The third-order valence-electron chi connectivity index (χ3n) is 3.34. The maximum Gasteiger partial charge on any atom is 0.336 e. The first kappa shape index (κ1) is 18.3. The van der Waals surface area contributed by atoms with E-state index in [1.54, 1.807) is 36.4 Å². The number of esters is 1. The molecule has 1 N–H and O–H groups in total. The zero-order chi connectivity index (χ0) is 18.9. The summed E-state index contributed by atoms with van der Waals surface area (Å²) < 4.78 is 10.3. The first-order valence-electron chi connectivity index (χ1n) is 8.07. The Hall–Kier alpha value is -3.45. The number of nitrogens with zero attached hydrogens (tertiary/aromatic N) is 1. The van der Waals surface area contributed by atoms with Crippen molar-refractivity contribution in [1.82, 2.24) is 5.43 Å². The van der Waals surface area contributed by atoms with Crippen LogP contribution in [0.3, 0.4) is 0 Å². The van der Waals surface area contributed by atoms with E-state index < -0.39 is 5.97 Å². The van der Waals surface area contributed by atoms with E-state index >= 15 is 0 Å². The lowest BCUT2D eigenvalue weighted by atomic mass is 10.2. The van der Waals surface area contributed by atoms with Gasteiger partial charge in [0.15, 0.2) is 0 Å². The number of hydrogen-bond donors (Lipinski definition) is 1. The van der Waals surface area contributed by atoms with Gasteiger partial charge in [-0.2, -0.15) is 5.10 Å². The van der Waals surface area contributed by atoms with Crippen molar-refractivity contribution in [2.24, 2.45) is 5.10 Å². The van der Waals surface area contributed by atoms with E-state index in [9.17, 15) is 9.59 Å². The van der Waals surface area contributed by atoms with Gasteiger partial charge in [-0.15, -0.1) is 11.3 Å². The van der Waals surface area contributed by atoms with E-state index in [0.29, 0.717) is 17.9 Å². The summed E-state index contributed by atoms with van der Waals surface area (Å²) in [6, 6.07) is 14.0. The first-order chi connectivity index (χ1) is 13.2. The van der Waals surface area contributed by atoms with Crippen LogP contribution in [-0.2, 0) is 16.0 Å². The molecule has 0 saturated heterocycles. The lowest BCUT2D eigenvalue weighted by Crippen LogP contribution is -2.19. The molecular formula is C20H16N2O4S. The highest BCUT2D eigenvalue weighted by Gasteiger charge is 2.03. The minimum atomic E-state index is -0.506. The molecule has 136 valence electrons. The summed E-state index contributed by atoms with van der Waals surface area (Å²) in [5, 5.41) is 5.84. The third kappa shape index (κ3) is 6.09. The summed E-state index contributed by atoms with van der Waals surface area (Å²) in [5.41, 5.74) is 3.24. The number of carbonyl (C=O) groups excluding carboxylic acids is 2. The molecule has 0 atom stereocenters. The Balaban J connectivity index is 1.46. The SMILES string of the molecule is O=C(Cc1cccs1)NN=Cc1ccc(OC(=O)/C=C/c2ccco2)cc1. The van der Waals surface area contributed by atoms with Crippen LogP contribution in [0.15, 0.2) is 75.8 Å². The molecule has 27 heavy (non-hydrogen) atoms. The molecule has 0 aliphatic carbocycles. The van der Waals surface area contributed by atoms with Crippen LogP contribution in [0.1, 0.15) is 16.2 Å². The number of thiophene rings is 1. The molecule has 0 fully saturated rings. The van der Waals surface area contributed by atoms with Crippen molar-refractivity contribution in [3.05, 3.63) is 82.5 Å². The summed E-state index contributed by atoms with van der Waals surface area (Å²) in [6.45, 7) is 0. The van der Waals surface area contributed by atoms with Gasteiger partial charge in [0.05, 0.1) is 18.9 Å². The zero-order valence-electron chi connectivity index (χ0n) is 14.2. The Morgan fingerprint density at radius 3 is 2.70 bits per heavy atom. The van der Waals surface area contributed by atoms with Crippen LogP contribution in [0.25, 0.3) is 6.08 Å². The highest BCUT2D eigenvalue weighted by Crippen LogP contribution is 2.12. The average molecular weight is 380 g/mol. The van der Waals surface area contributed by atoms with Gasteiger partial charge in [-0.1, -0.05) is 6.07 Å². The maximum absolute atomic E-state index is 11.7. The second-order valence-corrected chi connectivity index (χ2v) is 6.42. The molecule has 3 aromatic rings. The van der Waals surface area contributed by atoms with Crippen molar-refractivity contribution in [3.63, 3.8) is 0 Å². The van der Waals surface area contributed by atoms with Crippen LogP contribution < -0.4 is 10.2 Å². The summed E-state index contributed by atoms with van der Waals surface area (Å²) in [4.78, 5) is 24.5. The molecule has 2 aromatic heterocycles. The van der Waals surface area contributed by atoms with E-state index in [0.717, 1.165) is 10.4 Å². The Kier molecular flexibility index (Phi) is 6.32. The predicted octanol–water partition coefficient (Wildman–Crippen LogP) is 3.65. The number of furan rings is 1. The topological polar surface area (TPSA) is 80.9 Å². The van der Waals surface area contributed by atoms with Crippen LogP contribution in [0.5, 0.6) is 5.75 Å². The number of carbonyl (C=O) groups is 2. The van der Waals surface area contributed by atoms with Gasteiger partial charge in [0.2, 0.25) is 5.91 Å². The predicted molar refractivity (Wildman–Crippen MR) is 104 cm³/mol. The fourth-order valence-electron chi connectivity index (χ4n) is 2.10. The van der Waals surface area contributed by atoms with Gasteiger partial charge in [-0.25, -0.2) is 10.2 Å². The molecule has 6 nitrogen and oxygen atoms in total. The van der Waals surface area contributed by atoms with Crippen molar-refractivity contribution in [2.45, 2.75) is 6.42 Å². The Morgan fingerprint density at radius 2 is 2.00 bits per heavy atom. The standard InChI is InChI=1S/C20H16N2O4S/c23-19(13-18-4-2-12-27-18)22-21-14-15-5-7-17(8-6-15)26-20(24)10-9-16-3-1-11-25-16/h1-12,14H,13H2,(H,22,23)/b10-9+,21-14?. The number of nitrogens with one attached hydrogen (secondary N) is 1. The number of hydrogen-bond acceptors (Lipinski definition) is 6. The van der Waals surface area contributed by atoms with Gasteiger partial charge in [-0.3, -0.25) is 4.79 Å². The average Bonchev–Trinajstić information content (AvgIpc) is 3.35. The molecule has 3 rings (SSSR count). The van der Waals surface area contributed by atoms with Crippen molar-refractivity contribution in [3.8, 4) is 5.75 Å². The first-order valence-corrected chi connectivity index (χ1v) is 8.95. The van der Waals surface area contributed by atoms with Gasteiger partial charge in [0, 0.05) is 11.0 Å². The van der Waals surface area contributed by atoms with Crippen molar-refractivity contribution in [1.29, 1.82) is 0 Å². The van der Waals surface area contributed by atoms with Crippen molar-refractivity contribution >= 4 is 35.5 Å². The quantitative estimate of drug-likeness (QED) is 0.223. The fraction of sp³-hybridized carbons (Fsp3) is 0.0500. The van der Waals surface area contributed by atoms with E-state index in [1.807, 2.05) is 17.5 Å². The van der Waals surface area contributed by atoms with Crippen LogP contribution in [0.4, 0.5) is 0 Å². The Morgan fingerprint density at radius 1 is 1.15 bits per heavy atom. The van der Waals surface area contributed by atoms with E-state index in [2.05, 4.69) is 10.5 Å². The molecule has 0 saturated carbocycles. The molecular weight excluding hydrogens is 364 g/mol. The molecule has 2 heterocycles. The monoisotopic (exact) mass is 380 g/mol. The third-order valence-corrected chi connectivity index (χ3v) is 4.22. The summed E-state index contributed by atoms with van der Waals surface area (Å²) in [6.07, 6.45) is 6.17. The molecule has 1 aromatic carbocycles. The lowest BCUT2D eigenvalue weighted by Gasteiger charge is -2.01. The molecule has 0 unspecified atom stereocenters. The highest BCUT2D eigenvalue weighted by atomic mass is 32.1. The Labute approximate surface area is 159 Å². The lowest BCUT2D eigenvalue weighted by molar-refractivity contribution is -0.129. The van der Waals surface area contributed by atoms with Gasteiger partial charge in [0.1, 0.15) is 11.5 Å². The maximum atomic E-state index is 11.7. The minimum absolute atomic E-state index is 0.178. The van der Waals surface area contributed by atoms with Crippen LogP contribution in [0.2, 0.25) is 0 Å². The second-order valence-electron chi connectivity index (χ2n) is 5.39. The molecule has 0 aliphatic heterocycles. The van der Waals surface area contributed by atoms with Gasteiger partial charge < -0.3 is 9.15 Å². The van der Waals surface area contributed by atoms with Crippen molar-refractivity contribution in [2.75, 3.05) is 0 Å². The largest absolute Gasteiger partial charge is 0.465 e.